The van der Waals surface area contributed by atoms with Crippen LogP contribution in [0.2, 0.25) is 0 Å². The Labute approximate surface area is 149 Å². The van der Waals surface area contributed by atoms with Gasteiger partial charge in [0, 0.05) is 11.6 Å². The predicted octanol–water partition coefficient (Wildman–Crippen LogP) is 4.83. The molecule has 1 amide bonds. The Kier molecular flexibility index (Phi) is 4.72. The molecule has 0 spiro atoms. The molecule has 0 aliphatic carbocycles. The Morgan fingerprint density at radius 3 is 2.36 bits per heavy atom. The van der Waals surface area contributed by atoms with Gasteiger partial charge in [-0.1, -0.05) is 30.3 Å². The summed E-state index contributed by atoms with van der Waals surface area (Å²) in [4.78, 5) is 26.0. The van der Waals surface area contributed by atoms with Gasteiger partial charge in [-0.2, -0.15) is 0 Å². The monoisotopic (exact) mass is 341 g/mol. The van der Waals surface area contributed by atoms with Crippen LogP contribution in [0.4, 0.5) is 4.79 Å². The van der Waals surface area contributed by atoms with E-state index in [-0.39, 0.29) is 24.0 Å². The van der Waals surface area contributed by atoms with Crippen molar-refractivity contribution in [3.8, 4) is 0 Å². The molecule has 2 aliphatic rings. The molecule has 3 rings (SSSR count). The highest BCUT2D eigenvalue weighted by Gasteiger charge is 2.39. The van der Waals surface area contributed by atoms with Crippen molar-refractivity contribution in [2.24, 2.45) is 0 Å². The van der Waals surface area contributed by atoms with E-state index < -0.39 is 5.60 Å². The van der Waals surface area contributed by atoms with Gasteiger partial charge >= 0.3 is 6.09 Å². The van der Waals surface area contributed by atoms with Crippen molar-refractivity contribution in [2.75, 3.05) is 0 Å². The van der Waals surface area contributed by atoms with Gasteiger partial charge in [0.2, 0.25) is 0 Å². The van der Waals surface area contributed by atoms with Crippen LogP contribution in [0.5, 0.6) is 0 Å². The number of piperidine rings is 1. The van der Waals surface area contributed by atoms with Crippen molar-refractivity contribution in [1.82, 2.24) is 4.90 Å². The topological polar surface area (TPSA) is 46.6 Å². The minimum Gasteiger partial charge on any atom is -0.444 e. The summed E-state index contributed by atoms with van der Waals surface area (Å²) >= 11 is 0. The Hall–Kier alpha value is -2.10. The molecule has 2 heterocycles. The third-order valence-corrected chi connectivity index (χ3v) is 4.90. The van der Waals surface area contributed by atoms with E-state index in [2.05, 4.69) is 6.08 Å². The van der Waals surface area contributed by atoms with Crippen LogP contribution in [-0.4, -0.2) is 34.5 Å². The maximum atomic E-state index is 12.6. The second-order valence-electron chi connectivity index (χ2n) is 8.07. The second-order valence-corrected chi connectivity index (χ2v) is 8.07. The molecule has 1 fully saturated rings. The van der Waals surface area contributed by atoms with Crippen molar-refractivity contribution in [3.63, 3.8) is 0 Å². The summed E-state index contributed by atoms with van der Waals surface area (Å²) in [5, 5.41) is 0. The number of amides is 1. The fourth-order valence-electron chi connectivity index (χ4n) is 3.76. The molecular weight excluding hydrogens is 314 g/mol. The summed E-state index contributed by atoms with van der Waals surface area (Å²) in [6.45, 7) is 7.30. The van der Waals surface area contributed by atoms with Crippen LogP contribution in [0, 0.1) is 0 Å². The summed E-state index contributed by atoms with van der Waals surface area (Å²) in [5.41, 5.74) is 2.67. The van der Waals surface area contributed by atoms with E-state index in [0.717, 1.165) is 36.8 Å². The first kappa shape index (κ1) is 17.7. The first-order valence-electron chi connectivity index (χ1n) is 9.08. The Morgan fingerprint density at radius 2 is 1.80 bits per heavy atom. The number of rotatable bonds is 2. The van der Waals surface area contributed by atoms with Crippen molar-refractivity contribution < 1.29 is 14.3 Å². The van der Waals surface area contributed by atoms with Crippen LogP contribution in [-0.2, 0) is 4.74 Å². The van der Waals surface area contributed by atoms with Crippen molar-refractivity contribution >= 4 is 17.4 Å². The average molecular weight is 341 g/mol. The van der Waals surface area contributed by atoms with Crippen LogP contribution in [0.1, 0.15) is 69.3 Å². The lowest BCUT2D eigenvalue weighted by atomic mass is 9.83. The lowest BCUT2D eigenvalue weighted by Gasteiger charge is -2.45. The van der Waals surface area contributed by atoms with Gasteiger partial charge in [0.05, 0.1) is 6.04 Å². The lowest BCUT2D eigenvalue weighted by molar-refractivity contribution is 0.0000761. The summed E-state index contributed by atoms with van der Waals surface area (Å²) in [6, 6.07) is 8.09. The molecule has 2 bridgehead atoms. The largest absolute Gasteiger partial charge is 0.444 e. The molecule has 4 nitrogen and oxygen atoms in total. The zero-order valence-corrected chi connectivity index (χ0v) is 15.5. The third-order valence-electron chi connectivity index (χ3n) is 4.90. The number of ketones is 1. The normalized spacial score (nSPS) is 23.0. The molecule has 134 valence electrons. The highest BCUT2D eigenvalue weighted by Crippen LogP contribution is 2.38. The standard InChI is InChI=1S/C21H27NO3/c1-14(23)15-8-10-16(11-9-15)17-12-18-6-5-7-19(13-17)22(18)20(24)25-21(2,3)4/h8-12,18-19H,5-7,13H2,1-4H3. The van der Waals surface area contributed by atoms with Gasteiger partial charge in [-0.15, -0.1) is 0 Å². The first-order valence-corrected chi connectivity index (χ1v) is 9.08. The molecule has 1 saturated heterocycles. The first-order chi connectivity index (χ1) is 11.7. The fourth-order valence-corrected chi connectivity index (χ4v) is 3.76. The van der Waals surface area contributed by atoms with E-state index in [1.807, 2.05) is 49.9 Å². The van der Waals surface area contributed by atoms with Crippen LogP contribution in [0.15, 0.2) is 30.3 Å². The van der Waals surface area contributed by atoms with Crippen LogP contribution < -0.4 is 0 Å². The van der Waals surface area contributed by atoms with E-state index in [1.54, 1.807) is 6.92 Å². The summed E-state index contributed by atoms with van der Waals surface area (Å²) in [7, 11) is 0. The SMILES string of the molecule is CC(=O)c1ccc(C2=CC3CCCC(C2)N3C(=O)OC(C)(C)C)cc1. The number of fused-ring (bicyclic) bond motifs is 2. The van der Waals surface area contributed by atoms with Crippen molar-refractivity contribution in [3.05, 3.63) is 41.5 Å². The lowest BCUT2D eigenvalue weighted by Crippen LogP contribution is -2.53. The van der Waals surface area contributed by atoms with Crippen molar-refractivity contribution in [2.45, 2.75) is 71.1 Å². The molecule has 1 aromatic carbocycles. The van der Waals surface area contributed by atoms with Crippen LogP contribution >= 0.6 is 0 Å². The quantitative estimate of drug-likeness (QED) is 0.724. The number of hydrogen-bond acceptors (Lipinski definition) is 3. The molecule has 0 aromatic heterocycles. The highest BCUT2D eigenvalue weighted by molar-refractivity contribution is 5.94. The molecular formula is C21H27NO3. The Bertz CT molecular complexity index is 697. The molecule has 0 N–H and O–H groups in total. The van der Waals surface area contributed by atoms with Gasteiger partial charge in [0.1, 0.15) is 5.60 Å². The predicted molar refractivity (Wildman–Crippen MR) is 98.5 cm³/mol. The number of Topliss-reactive ketones (excluding diaryl/α,β-unsaturated/α-hetero) is 1. The maximum absolute atomic E-state index is 12.6. The maximum Gasteiger partial charge on any atom is 0.411 e. The number of carbonyl (C=O) groups excluding carboxylic acids is 2. The van der Waals surface area contributed by atoms with E-state index in [9.17, 15) is 9.59 Å². The van der Waals surface area contributed by atoms with Crippen LogP contribution in [0.3, 0.4) is 0 Å². The second kappa shape index (κ2) is 6.66. The molecule has 4 heteroatoms. The smallest absolute Gasteiger partial charge is 0.411 e. The Balaban J connectivity index is 1.83. The zero-order valence-electron chi connectivity index (χ0n) is 15.5. The van der Waals surface area contributed by atoms with Crippen molar-refractivity contribution in [1.29, 1.82) is 0 Å². The van der Waals surface area contributed by atoms with E-state index in [1.165, 1.54) is 5.57 Å². The molecule has 2 aliphatic heterocycles. The molecule has 1 aromatic rings. The molecule has 2 unspecified atom stereocenters. The van der Waals surface area contributed by atoms with Crippen LogP contribution in [0.25, 0.3) is 5.57 Å². The molecule has 2 atom stereocenters. The van der Waals surface area contributed by atoms with Gasteiger partial charge in [-0.25, -0.2) is 4.79 Å². The van der Waals surface area contributed by atoms with Gasteiger partial charge in [0.15, 0.2) is 5.78 Å². The van der Waals surface area contributed by atoms with Gasteiger partial charge in [0.25, 0.3) is 0 Å². The number of ether oxygens (including phenoxy) is 1. The molecule has 0 saturated carbocycles. The third kappa shape index (κ3) is 3.94. The Morgan fingerprint density at radius 1 is 1.12 bits per heavy atom. The average Bonchev–Trinajstić information content (AvgIpc) is 2.52. The number of nitrogens with zero attached hydrogens (tertiary/aromatic N) is 1. The highest BCUT2D eigenvalue weighted by atomic mass is 16.6. The minimum absolute atomic E-state index is 0.0807. The summed E-state index contributed by atoms with van der Waals surface area (Å²) < 4.78 is 5.62. The number of carbonyl (C=O) groups is 2. The minimum atomic E-state index is -0.474. The van der Waals surface area contributed by atoms with E-state index in [0.29, 0.717) is 0 Å². The number of benzene rings is 1. The van der Waals surface area contributed by atoms with Gasteiger partial charge in [-0.3, -0.25) is 9.69 Å². The van der Waals surface area contributed by atoms with Gasteiger partial charge in [-0.05, 0) is 64.5 Å². The summed E-state index contributed by atoms with van der Waals surface area (Å²) in [5.74, 6) is 0.0807. The number of hydrogen-bond donors (Lipinski definition) is 0. The summed E-state index contributed by atoms with van der Waals surface area (Å²) in [6.07, 6.45) is 5.98. The fraction of sp³-hybridized carbons (Fsp3) is 0.524. The molecule has 25 heavy (non-hydrogen) atoms. The zero-order chi connectivity index (χ0) is 18.2. The van der Waals surface area contributed by atoms with E-state index in [4.69, 9.17) is 4.74 Å². The van der Waals surface area contributed by atoms with E-state index >= 15 is 0 Å². The molecule has 0 radical (unpaired) electrons. The van der Waals surface area contributed by atoms with Gasteiger partial charge < -0.3 is 4.74 Å².